The summed E-state index contributed by atoms with van der Waals surface area (Å²) in [5, 5.41) is 4.92. The van der Waals surface area contributed by atoms with E-state index in [4.69, 9.17) is 0 Å². The van der Waals surface area contributed by atoms with E-state index < -0.39 is 18.1 Å². The number of rotatable bonds is 1. The molecule has 0 aromatic heterocycles. The van der Waals surface area contributed by atoms with Crippen LogP contribution in [0, 0.1) is 5.92 Å². The third-order valence-electron chi connectivity index (χ3n) is 2.40. The van der Waals surface area contributed by atoms with Crippen molar-refractivity contribution in [1.82, 2.24) is 10.6 Å². The average Bonchev–Trinajstić information content (AvgIpc) is 2.07. The lowest BCUT2D eigenvalue weighted by Gasteiger charge is -2.30. The topological polar surface area (TPSA) is 41.1 Å². The summed E-state index contributed by atoms with van der Waals surface area (Å²) in [6.07, 6.45) is -4.00. The van der Waals surface area contributed by atoms with E-state index in [0.29, 0.717) is 6.54 Å². The Bertz CT molecular complexity index is 217. The molecule has 1 fully saturated rings. The fraction of sp³-hybridized carbons (Fsp3) is 0.875. The zero-order valence-corrected chi connectivity index (χ0v) is 7.82. The van der Waals surface area contributed by atoms with E-state index in [1.807, 2.05) is 12.2 Å². The van der Waals surface area contributed by atoms with Crippen LogP contribution < -0.4 is 10.6 Å². The predicted molar refractivity (Wildman–Crippen MR) is 44.6 cm³/mol. The summed E-state index contributed by atoms with van der Waals surface area (Å²) < 4.78 is 35.7. The highest BCUT2D eigenvalue weighted by molar-refractivity contribution is 5.82. The van der Waals surface area contributed by atoms with Crippen molar-refractivity contribution in [3.63, 3.8) is 0 Å². The van der Waals surface area contributed by atoms with Crippen LogP contribution in [0.25, 0.3) is 0 Å². The van der Waals surface area contributed by atoms with Gasteiger partial charge in [-0.25, -0.2) is 0 Å². The largest absolute Gasteiger partial charge is 0.471 e. The number of nitrogens with one attached hydrogen (secondary N) is 2. The molecule has 1 aliphatic rings. The van der Waals surface area contributed by atoms with Crippen molar-refractivity contribution in [3.8, 4) is 0 Å². The summed E-state index contributed by atoms with van der Waals surface area (Å²) >= 11 is 0. The summed E-state index contributed by atoms with van der Waals surface area (Å²) in [4.78, 5) is 10.6. The normalized spacial score (nSPS) is 28.6. The van der Waals surface area contributed by atoms with Gasteiger partial charge >= 0.3 is 12.1 Å². The van der Waals surface area contributed by atoms with Gasteiger partial charge in [-0.05, 0) is 18.9 Å². The quantitative estimate of drug-likeness (QED) is 0.667. The molecule has 2 unspecified atom stereocenters. The van der Waals surface area contributed by atoms with E-state index >= 15 is 0 Å². The SMILES string of the molecule is CC1CCNCC1NC(=O)C(F)(F)F. The van der Waals surface area contributed by atoms with E-state index in [2.05, 4.69) is 5.32 Å². The summed E-state index contributed by atoms with van der Waals surface area (Å²) in [6.45, 7) is 3.03. The van der Waals surface area contributed by atoms with Crippen LogP contribution in [-0.4, -0.2) is 31.2 Å². The molecule has 14 heavy (non-hydrogen) atoms. The van der Waals surface area contributed by atoms with Crippen molar-refractivity contribution in [2.75, 3.05) is 13.1 Å². The minimum atomic E-state index is -4.78. The van der Waals surface area contributed by atoms with Gasteiger partial charge in [0.2, 0.25) is 0 Å². The zero-order valence-electron chi connectivity index (χ0n) is 7.82. The molecular formula is C8H13F3N2O. The van der Waals surface area contributed by atoms with Gasteiger partial charge in [-0.3, -0.25) is 4.79 Å². The Labute approximate surface area is 80.0 Å². The Hall–Kier alpha value is -0.780. The van der Waals surface area contributed by atoms with Crippen LogP contribution in [-0.2, 0) is 4.79 Å². The summed E-state index contributed by atoms with van der Waals surface area (Å²) in [7, 11) is 0. The predicted octanol–water partition coefficient (Wildman–Crippen LogP) is 0.663. The number of carbonyl (C=O) groups is 1. The molecule has 1 amide bonds. The van der Waals surface area contributed by atoms with Crippen LogP contribution in [0.15, 0.2) is 0 Å². The number of halogens is 3. The molecule has 0 spiro atoms. The monoisotopic (exact) mass is 210 g/mol. The second-order valence-corrected chi connectivity index (χ2v) is 3.55. The molecule has 2 atom stereocenters. The van der Waals surface area contributed by atoms with Crippen molar-refractivity contribution in [3.05, 3.63) is 0 Å². The van der Waals surface area contributed by atoms with Gasteiger partial charge in [-0.1, -0.05) is 6.92 Å². The first-order valence-electron chi connectivity index (χ1n) is 4.49. The third kappa shape index (κ3) is 2.87. The lowest BCUT2D eigenvalue weighted by molar-refractivity contribution is -0.174. The fourth-order valence-corrected chi connectivity index (χ4v) is 1.43. The highest BCUT2D eigenvalue weighted by Gasteiger charge is 2.40. The number of hydrogen-bond acceptors (Lipinski definition) is 2. The van der Waals surface area contributed by atoms with Gasteiger partial charge in [0.15, 0.2) is 0 Å². The lowest BCUT2D eigenvalue weighted by Crippen LogP contribution is -2.53. The van der Waals surface area contributed by atoms with Crippen LogP contribution in [0.5, 0.6) is 0 Å². The first kappa shape index (κ1) is 11.3. The fourth-order valence-electron chi connectivity index (χ4n) is 1.43. The molecule has 0 aromatic carbocycles. The van der Waals surface area contributed by atoms with Gasteiger partial charge in [-0.15, -0.1) is 0 Å². The highest BCUT2D eigenvalue weighted by atomic mass is 19.4. The smallest absolute Gasteiger partial charge is 0.344 e. The molecule has 0 bridgehead atoms. The zero-order chi connectivity index (χ0) is 10.8. The maximum atomic E-state index is 11.9. The number of hydrogen-bond donors (Lipinski definition) is 2. The lowest BCUT2D eigenvalue weighted by atomic mass is 9.95. The summed E-state index contributed by atoms with van der Waals surface area (Å²) in [6, 6.07) is -0.419. The molecule has 6 heteroatoms. The van der Waals surface area contributed by atoms with Crippen molar-refractivity contribution >= 4 is 5.91 Å². The van der Waals surface area contributed by atoms with Crippen molar-refractivity contribution < 1.29 is 18.0 Å². The molecule has 0 aromatic rings. The minimum absolute atomic E-state index is 0.0857. The molecule has 82 valence electrons. The first-order chi connectivity index (χ1) is 6.41. The van der Waals surface area contributed by atoms with Gasteiger partial charge in [0.05, 0.1) is 0 Å². The Morgan fingerprint density at radius 2 is 2.14 bits per heavy atom. The standard InChI is InChI=1S/C8H13F3N2O/c1-5-2-3-12-4-6(5)13-7(14)8(9,10)11/h5-6,12H,2-4H2,1H3,(H,13,14). The van der Waals surface area contributed by atoms with Crippen LogP contribution in [0.2, 0.25) is 0 Å². The molecule has 0 radical (unpaired) electrons. The molecule has 1 saturated heterocycles. The Morgan fingerprint density at radius 3 is 2.64 bits per heavy atom. The summed E-state index contributed by atoms with van der Waals surface area (Å²) in [5.74, 6) is -1.76. The first-order valence-corrected chi connectivity index (χ1v) is 4.49. The Balaban J connectivity index is 2.46. The van der Waals surface area contributed by atoms with Crippen LogP contribution in [0.1, 0.15) is 13.3 Å². The van der Waals surface area contributed by atoms with E-state index in [9.17, 15) is 18.0 Å². The van der Waals surface area contributed by atoms with E-state index in [0.717, 1.165) is 13.0 Å². The van der Waals surface area contributed by atoms with Crippen LogP contribution in [0.4, 0.5) is 13.2 Å². The number of piperidine rings is 1. The van der Waals surface area contributed by atoms with Gasteiger partial charge in [0, 0.05) is 12.6 Å². The van der Waals surface area contributed by atoms with Crippen molar-refractivity contribution in [1.29, 1.82) is 0 Å². The maximum absolute atomic E-state index is 11.9. The minimum Gasteiger partial charge on any atom is -0.344 e. The maximum Gasteiger partial charge on any atom is 0.471 e. The van der Waals surface area contributed by atoms with E-state index in [1.54, 1.807) is 0 Å². The second kappa shape index (κ2) is 4.16. The molecule has 3 nitrogen and oxygen atoms in total. The molecule has 1 rings (SSSR count). The molecule has 0 aliphatic carbocycles. The third-order valence-corrected chi connectivity index (χ3v) is 2.40. The number of carbonyl (C=O) groups excluding carboxylic acids is 1. The van der Waals surface area contributed by atoms with Crippen LogP contribution >= 0.6 is 0 Å². The average molecular weight is 210 g/mol. The van der Waals surface area contributed by atoms with Gasteiger partial charge < -0.3 is 10.6 Å². The van der Waals surface area contributed by atoms with Crippen molar-refractivity contribution in [2.45, 2.75) is 25.6 Å². The molecule has 1 aliphatic heterocycles. The second-order valence-electron chi connectivity index (χ2n) is 3.55. The highest BCUT2D eigenvalue weighted by Crippen LogP contribution is 2.17. The molecule has 2 N–H and O–H groups in total. The summed E-state index contributed by atoms with van der Waals surface area (Å²) in [5.41, 5.74) is 0. The van der Waals surface area contributed by atoms with Crippen molar-refractivity contribution in [2.24, 2.45) is 5.92 Å². The molecular weight excluding hydrogens is 197 g/mol. The van der Waals surface area contributed by atoms with Gasteiger partial charge in [-0.2, -0.15) is 13.2 Å². The Kier molecular flexibility index (Phi) is 3.36. The van der Waals surface area contributed by atoms with Gasteiger partial charge in [0.25, 0.3) is 0 Å². The van der Waals surface area contributed by atoms with E-state index in [1.165, 1.54) is 0 Å². The van der Waals surface area contributed by atoms with Crippen LogP contribution in [0.3, 0.4) is 0 Å². The Morgan fingerprint density at radius 1 is 1.50 bits per heavy atom. The van der Waals surface area contributed by atoms with Gasteiger partial charge in [0.1, 0.15) is 0 Å². The molecule has 1 heterocycles. The molecule has 0 saturated carbocycles. The number of alkyl halides is 3. The number of amides is 1. The van der Waals surface area contributed by atoms with E-state index in [-0.39, 0.29) is 5.92 Å².